The van der Waals surface area contributed by atoms with Crippen LogP contribution < -0.4 is 0 Å². The molecule has 0 amide bonds. The predicted molar refractivity (Wildman–Crippen MR) is 63.5 cm³/mol. The highest BCUT2D eigenvalue weighted by Gasteiger charge is 2.49. The van der Waals surface area contributed by atoms with E-state index in [1.807, 2.05) is 30.3 Å². The summed E-state index contributed by atoms with van der Waals surface area (Å²) in [6, 6.07) is 9.64. The molecular formula is C14H16O3. The fraction of sp³-hybridized carbons (Fsp3) is 0.429. The van der Waals surface area contributed by atoms with Gasteiger partial charge in [-0.1, -0.05) is 30.3 Å². The molecule has 3 nitrogen and oxygen atoms in total. The monoisotopic (exact) mass is 232 g/mol. The van der Waals surface area contributed by atoms with Crippen LogP contribution in [0.3, 0.4) is 0 Å². The maximum absolute atomic E-state index is 12.0. The lowest BCUT2D eigenvalue weighted by atomic mass is 9.79. The average Bonchev–Trinajstić information content (AvgIpc) is 2.72. The van der Waals surface area contributed by atoms with E-state index in [2.05, 4.69) is 0 Å². The highest BCUT2D eigenvalue weighted by molar-refractivity contribution is 6.05. The molecule has 1 saturated carbocycles. The van der Waals surface area contributed by atoms with E-state index in [0.29, 0.717) is 19.3 Å². The summed E-state index contributed by atoms with van der Waals surface area (Å²) in [5, 5.41) is 0. The molecule has 90 valence electrons. The minimum absolute atomic E-state index is 0.0215. The minimum atomic E-state index is -0.934. The van der Waals surface area contributed by atoms with Crippen molar-refractivity contribution in [2.75, 3.05) is 7.11 Å². The Kier molecular flexibility index (Phi) is 3.27. The number of carbonyl (C=O) groups excluding carboxylic acids is 2. The van der Waals surface area contributed by atoms with E-state index in [1.165, 1.54) is 7.11 Å². The fourth-order valence-electron chi connectivity index (χ4n) is 2.54. The van der Waals surface area contributed by atoms with Crippen LogP contribution in [0.15, 0.2) is 30.3 Å². The third-order valence-electron chi connectivity index (χ3n) is 3.47. The van der Waals surface area contributed by atoms with Gasteiger partial charge in [0.1, 0.15) is 5.41 Å². The molecule has 1 aromatic carbocycles. The molecule has 3 heteroatoms. The third kappa shape index (κ3) is 2.09. The first-order chi connectivity index (χ1) is 8.19. The van der Waals surface area contributed by atoms with Crippen LogP contribution in [0.1, 0.15) is 24.8 Å². The number of ketones is 1. The van der Waals surface area contributed by atoms with Crippen LogP contribution in [-0.4, -0.2) is 18.9 Å². The SMILES string of the molecule is COC(=O)[C@@]1(Cc2ccccc2)CCCC1=O. The summed E-state index contributed by atoms with van der Waals surface area (Å²) in [5.74, 6) is -0.364. The van der Waals surface area contributed by atoms with Crippen molar-refractivity contribution in [3.63, 3.8) is 0 Å². The summed E-state index contributed by atoms with van der Waals surface area (Å²) in [5.41, 5.74) is 0.0731. The number of hydrogen-bond donors (Lipinski definition) is 0. The third-order valence-corrected chi connectivity index (χ3v) is 3.47. The number of carbonyl (C=O) groups is 2. The van der Waals surface area contributed by atoms with Crippen LogP contribution in [0.25, 0.3) is 0 Å². The molecule has 0 heterocycles. The second kappa shape index (κ2) is 4.70. The zero-order valence-corrected chi connectivity index (χ0v) is 9.94. The van der Waals surface area contributed by atoms with Crippen molar-refractivity contribution in [2.24, 2.45) is 5.41 Å². The molecular weight excluding hydrogens is 216 g/mol. The number of ether oxygens (including phenoxy) is 1. The second-order valence-electron chi connectivity index (χ2n) is 4.51. The molecule has 0 spiro atoms. The van der Waals surface area contributed by atoms with Gasteiger partial charge in [-0.2, -0.15) is 0 Å². The molecule has 1 atom stereocenters. The van der Waals surface area contributed by atoms with Crippen LogP contribution in [-0.2, 0) is 20.7 Å². The lowest BCUT2D eigenvalue weighted by Crippen LogP contribution is -2.38. The Labute approximate surface area is 101 Å². The summed E-state index contributed by atoms with van der Waals surface area (Å²) in [6.45, 7) is 0. The molecule has 0 saturated heterocycles. The second-order valence-corrected chi connectivity index (χ2v) is 4.51. The van der Waals surface area contributed by atoms with Crippen molar-refractivity contribution in [2.45, 2.75) is 25.7 Å². The Morgan fingerprint density at radius 1 is 1.35 bits per heavy atom. The van der Waals surface area contributed by atoms with E-state index in [9.17, 15) is 9.59 Å². The summed E-state index contributed by atoms with van der Waals surface area (Å²) in [4.78, 5) is 23.9. The maximum atomic E-state index is 12.0. The van der Waals surface area contributed by atoms with Gasteiger partial charge in [-0.25, -0.2) is 0 Å². The number of esters is 1. The Balaban J connectivity index is 2.29. The molecule has 1 aromatic rings. The lowest BCUT2D eigenvalue weighted by molar-refractivity contribution is -0.156. The molecule has 0 N–H and O–H groups in total. The Hall–Kier alpha value is -1.64. The molecule has 1 aliphatic rings. The van der Waals surface area contributed by atoms with Crippen molar-refractivity contribution in [3.05, 3.63) is 35.9 Å². The van der Waals surface area contributed by atoms with E-state index in [-0.39, 0.29) is 11.8 Å². The fourth-order valence-corrected chi connectivity index (χ4v) is 2.54. The van der Waals surface area contributed by atoms with Gasteiger partial charge < -0.3 is 4.74 Å². The zero-order chi connectivity index (χ0) is 12.3. The molecule has 0 unspecified atom stereocenters. The van der Waals surface area contributed by atoms with E-state index in [4.69, 9.17) is 4.74 Å². The summed E-state index contributed by atoms with van der Waals surface area (Å²) < 4.78 is 4.82. The van der Waals surface area contributed by atoms with Crippen LogP contribution in [0, 0.1) is 5.41 Å². The van der Waals surface area contributed by atoms with Crippen LogP contribution in [0.2, 0.25) is 0 Å². The topological polar surface area (TPSA) is 43.4 Å². The summed E-state index contributed by atoms with van der Waals surface area (Å²) in [7, 11) is 1.35. The van der Waals surface area contributed by atoms with E-state index in [0.717, 1.165) is 12.0 Å². The maximum Gasteiger partial charge on any atom is 0.319 e. The first-order valence-electron chi connectivity index (χ1n) is 5.85. The van der Waals surface area contributed by atoms with Gasteiger partial charge in [-0.3, -0.25) is 9.59 Å². The van der Waals surface area contributed by atoms with Crippen molar-refractivity contribution in [1.29, 1.82) is 0 Å². The van der Waals surface area contributed by atoms with Crippen molar-refractivity contribution in [1.82, 2.24) is 0 Å². The van der Waals surface area contributed by atoms with Crippen molar-refractivity contribution in [3.8, 4) is 0 Å². The van der Waals surface area contributed by atoms with Crippen LogP contribution in [0.5, 0.6) is 0 Å². The number of rotatable bonds is 3. The van der Waals surface area contributed by atoms with E-state index in [1.54, 1.807) is 0 Å². The highest BCUT2D eigenvalue weighted by Crippen LogP contribution is 2.39. The first-order valence-corrected chi connectivity index (χ1v) is 5.85. The minimum Gasteiger partial charge on any atom is -0.468 e. The molecule has 0 radical (unpaired) electrons. The molecule has 2 rings (SSSR count). The summed E-state index contributed by atoms with van der Waals surface area (Å²) >= 11 is 0. The van der Waals surface area contributed by atoms with Crippen LogP contribution >= 0.6 is 0 Å². The van der Waals surface area contributed by atoms with E-state index >= 15 is 0 Å². The predicted octanol–water partition coefficient (Wildman–Crippen LogP) is 2.14. The summed E-state index contributed by atoms with van der Waals surface area (Å²) in [6.07, 6.45) is 2.33. The van der Waals surface area contributed by atoms with Crippen LogP contribution in [0.4, 0.5) is 0 Å². The number of benzene rings is 1. The highest BCUT2D eigenvalue weighted by atomic mass is 16.5. The van der Waals surface area contributed by atoms with Crippen molar-refractivity contribution < 1.29 is 14.3 Å². The normalized spacial score (nSPS) is 23.7. The van der Waals surface area contributed by atoms with Gasteiger partial charge in [-0.05, 0) is 24.8 Å². The molecule has 1 aliphatic carbocycles. The van der Waals surface area contributed by atoms with Gasteiger partial charge in [0.2, 0.25) is 0 Å². The molecule has 1 fully saturated rings. The number of methoxy groups -OCH3 is 1. The largest absolute Gasteiger partial charge is 0.468 e. The number of Topliss-reactive ketones (excluding diaryl/α,β-unsaturated/α-hetero) is 1. The van der Waals surface area contributed by atoms with E-state index < -0.39 is 5.41 Å². The quantitative estimate of drug-likeness (QED) is 0.592. The van der Waals surface area contributed by atoms with Crippen molar-refractivity contribution >= 4 is 11.8 Å². The van der Waals surface area contributed by atoms with Gasteiger partial charge in [0.05, 0.1) is 7.11 Å². The zero-order valence-electron chi connectivity index (χ0n) is 9.94. The first kappa shape index (κ1) is 11.8. The van der Waals surface area contributed by atoms with Gasteiger partial charge in [0, 0.05) is 6.42 Å². The average molecular weight is 232 g/mol. The molecule has 0 aromatic heterocycles. The Bertz CT molecular complexity index is 424. The van der Waals surface area contributed by atoms with Gasteiger partial charge in [0.25, 0.3) is 0 Å². The number of hydrogen-bond acceptors (Lipinski definition) is 3. The standard InChI is InChI=1S/C14H16O3/c1-17-13(16)14(9-5-8-12(14)15)10-11-6-3-2-4-7-11/h2-4,6-7H,5,8-10H2,1H3/t14-/m1/s1. The van der Waals surface area contributed by atoms with Gasteiger partial charge in [-0.15, -0.1) is 0 Å². The molecule has 0 aliphatic heterocycles. The van der Waals surface area contributed by atoms with Gasteiger partial charge in [0.15, 0.2) is 5.78 Å². The Morgan fingerprint density at radius 2 is 2.06 bits per heavy atom. The molecule has 17 heavy (non-hydrogen) atoms. The lowest BCUT2D eigenvalue weighted by Gasteiger charge is -2.24. The van der Waals surface area contributed by atoms with Gasteiger partial charge >= 0.3 is 5.97 Å². The Morgan fingerprint density at radius 3 is 2.59 bits per heavy atom. The smallest absolute Gasteiger partial charge is 0.319 e. The molecule has 0 bridgehead atoms.